The Labute approximate surface area is 208 Å². The Bertz CT molecular complexity index is 1050. The average molecular weight is 707 g/mol. The van der Waals surface area contributed by atoms with Gasteiger partial charge in [-0.15, -0.1) is 11.8 Å². The summed E-state index contributed by atoms with van der Waals surface area (Å²) in [5.74, 6) is 0. The van der Waals surface area contributed by atoms with Crippen LogP contribution in [-0.2, 0) is 30.1 Å². The molecule has 0 aliphatic carbocycles. The van der Waals surface area contributed by atoms with Gasteiger partial charge < -0.3 is 0 Å². The molecule has 0 saturated heterocycles. The number of thioether (sulfide) groups is 1. The first-order valence-electron chi connectivity index (χ1n) is 8.23. The fraction of sp³-hybridized carbons (Fsp3) is 0.100. The monoisotopic (exact) mass is 707 g/mol. The summed E-state index contributed by atoms with van der Waals surface area (Å²) in [5, 5.41) is 0. The van der Waals surface area contributed by atoms with Crippen molar-refractivity contribution in [2.45, 2.75) is 31.4 Å². The van der Waals surface area contributed by atoms with Crippen LogP contribution in [0.4, 0.5) is 0 Å². The molecule has 9 heteroatoms. The molecule has 1 atom stereocenters. The van der Waals surface area contributed by atoms with E-state index >= 15 is 0 Å². The fourth-order valence-corrected chi connectivity index (χ4v) is 5.14. The normalized spacial score (nSPS) is 11.9. The number of hydrogen-bond donors (Lipinski definition) is 0. The van der Waals surface area contributed by atoms with E-state index in [0.29, 0.717) is 19.3 Å². The summed E-state index contributed by atoms with van der Waals surface area (Å²) < 4.78 is 38.0. The van der Waals surface area contributed by atoms with Crippen molar-refractivity contribution in [3.8, 4) is 0 Å². The summed E-state index contributed by atoms with van der Waals surface area (Å²) in [6.07, 6.45) is 1.99. The third-order valence-corrected chi connectivity index (χ3v) is 7.88. The molecule has 0 amide bonds. The number of rotatable bonds is 5. The predicted molar refractivity (Wildman–Crippen MR) is 134 cm³/mol. The van der Waals surface area contributed by atoms with Gasteiger partial charge in [-0.2, -0.15) is 0 Å². The van der Waals surface area contributed by atoms with E-state index in [0.717, 1.165) is 10.5 Å². The van der Waals surface area contributed by atoms with Gasteiger partial charge in [0.1, 0.15) is 0 Å². The van der Waals surface area contributed by atoms with Gasteiger partial charge in [-0.25, -0.2) is 12.6 Å². The van der Waals surface area contributed by atoms with Crippen molar-refractivity contribution >= 4 is 72.4 Å². The second-order valence-electron chi connectivity index (χ2n) is 5.80. The molecule has 0 aromatic heterocycles. The van der Waals surface area contributed by atoms with Crippen LogP contribution in [0.15, 0.2) is 97.3 Å². The van der Waals surface area contributed by atoms with Crippen LogP contribution < -0.4 is 0 Å². The Hall–Kier alpha value is 0.154. The molecule has 1 unspecified atom stereocenters. The van der Waals surface area contributed by atoms with Crippen molar-refractivity contribution in [2.24, 2.45) is 0 Å². The zero-order chi connectivity index (χ0) is 21.4. The standard InChI is InChI=1S/C20H18O3S3.2HI.V/c1-15-3-11-19(12-4-15)26(22,23)20-13-9-18(10-14-20)25(21)17-7-5-16(24-2)6-8-17;;;/h3-14H,1-2H3;2*1H;/q;;;+2/p-2. The molecule has 0 spiro atoms. The van der Waals surface area contributed by atoms with E-state index in [-0.39, 0.29) is 9.79 Å². The molecular formula is C20H18I2O3S3V. The first-order chi connectivity index (χ1) is 13.8. The van der Waals surface area contributed by atoms with Crippen molar-refractivity contribution < 1.29 is 22.1 Å². The maximum absolute atomic E-state index is 12.7. The van der Waals surface area contributed by atoms with Crippen molar-refractivity contribution in [3.63, 3.8) is 0 Å². The van der Waals surface area contributed by atoms with Gasteiger partial charge in [-0.05, 0) is 73.8 Å². The molecule has 0 saturated carbocycles. The molecule has 0 fully saturated rings. The molecule has 3 aromatic carbocycles. The number of halogens is 2. The van der Waals surface area contributed by atoms with Gasteiger partial charge in [0.05, 0.1) is 20.6 Å². The molecule has 0 aliphatic heterocycles. The summed E-state index contributed by atoms with van der Waals surface area (Å²) in [6, 6.07) is 20.5. The fourth-order valence-electron chi connectivity index (χ4n) is 2.43. The quantitative estimate of drug-likeness (QED) is 0.225. The third-order valence-electron chi connectivity index (χ3n) is 3.95. The molecule has 0 N–H and O–H groups in total. The second-order valence-corrected chi connectivity index (χ2v) is 21.9. The third kappa shape index (κ3) is 7.08. The molecule has 0 aliphatic rings. The predicted octanol–water partition coefficient (Wildman–Crippen LogP) is 6.49. The average Bonchev–Trinajstić information content (AvgIpc) is 2.74. The van der Waals surface area contributed by atoms with E-state index in [1.807, 2.05) is 37.4 Å². The van der Waals surface area contributed by atoms with Gasteiger partial charge in [-0.1, -0.05) is 17.7 Å². The van der Waals surface area contributed by atoms with E-state index in [2.05, 4.69) is 40.0 Å². The van der Waals surface area contributed by atoms with Gasteiger partial charge in [0.2, 0.25) is 9.84 Å². The Kier molecular flexibility index (Phi) is 10.7. The topological polar surface area (TPSA) is 51.2 Å². The first kappa shape index (κ1) is 25.4. The van der Waals surface area contributed by atoms with Gasteiger partial charge >= 0.3 is 49.4 Å². The zero-order valence-corrected chi connectivity index (χ0v) is 23.7. The Balaban J connectivity index is 0.000000941. The number of sulfone groups is 1. The number of benzene rings is 3. The van der Waals surface area contributed by atoms with Crippen molar-refractivity contribution in [2.75, 3.05) is 6.26 Å². The van der Waals surface area contributed by atoms with E-state index in [1.54, 1.807) is 48.2 Å². The van der Waals surface area contributed by atoms with Crippen LogP contribution in [0.5, 0.6) is 0 Å². The molecule has 29 heavy (non-hydrogen) atoms. The van der Waals surface area contributed by atoms with Gasteiger partial charge in [0.15, 0.2) is 0 Å². The van der Waals surface area contributed by atoms with Crippen LogP contribution in [0.1, 0.15) is 5.56 Å². The number of aryl methyl sites for hydroxylation is 1. The molecule has 0 bridgehead atoms. The first-order valence-corrected chi connectivity index (χ1v) is 21.1. The Morgan fingerprint density at radius 1 is 0.793 bits per heavy atom. The molecule has 0 heterocycles. The van der Waals surface area contributed by atoms with Gasteiger partial charge in [0.25, 0.3) is 0 Å². The summed E-state index contributed by atoms with van der Waals surface area (Å²) >= 11 is 6.36. The Morgan fingerprint density at radius 2 is 1.17 bits per heavy atom. The maximum atomic E-state index is 12.7. The minimum absolute atomic E-state index is 0.194. The second kappa shape index (κ2) is 12.3. The molecule has 3 rings (SSSR count). The summed E-state index contributed by atoms with van der Waals surface area (Å²) in [6.45, 7) is 1.91. The molecule has 153 valence electrons. The van der Waals surface area contributed by atoms with E-state index < -0.39 is 20.6 Å². The van der Waals surface area contributed by atoms with Crippen LogP contribution in [0.3, 0.4) is 0 Å². The molecule has 3 aromatic rings. The zero-order valence-electron chi connectivity index (χ0n) is 15.6. The number of hydrogen-bond acceptors (Lipinski definition) is 4. The van der Waals surface area contributed by atoms with Crippen LogP contribution in [-0.4, -0.2) is 18.9 Å². The van der Waals surface area contributed by atoms with Crippen molar-refractivity contribution in [3.05, 3.63) is 78.4 Å². The molecule has 0 radical (unpaired) electrons. The van der Waals surface area contributed by atoms with Crippen LogP contribution in [0.2, 0.25) is 0 Å². The van der Waals surface area contributed by atoms with Crippen molar-refractivity contribution in [1.29, 1.82) is 0 Å². The summed E-state index contributed by atoms with van der Waals surface area (Å²) in [5.41, 5.74) is 1.00. The minimum atomic E-state index is -3.57. The Morgan fingerprint density at radius 3 is 1.59 bits per heavy atom. The van der Waals surface area contributed by atoms with E-state index in [1.165, 1.54) is 12.1 Å². The van der Waals surface area contributed by atoms with E-state index in [4.69, 9.17) is 0 Å². The molecule has 3 nitrogen and oxygen atoms in total. The molecular weight excluding hydrogens is 689 g/mol. The van der Waals surface area contributed by atoms with E-state index in [9.17, 15) is 12.6 Å². The van der Waals surface area contributed by atoms with Crippen molar-refractivity contribution in [1.82, 2.24) is 0 Å². The van der Waals surface area contributed by atoms with Crippen LogP contribution >= 0.6 is 51.7 Å². The summed E-state index contributed by atoms with van der Waals surface area (Å²) in [7, 11) is -4.29. The van der Waals surface area contributed by atoms with Crippen LogP contribution in [0.25, 0.3) is 0 Å². The van der Waals surface area contributed by atoms with Gasteiger partial charge in [-0.3, -0.25) is 0 Å². The van der Waals surface area contributed by atoms with Gasteiger partial charge in [0, 0.05) is 14.7 Å². The summed E-state index contributed by atoms with van der Waals surface area (Å²) in [4.78, 5) is 2.82. The SMILES string of the molecule is CSc1ccc(S(=O)c2ccc(S(=O)(=O)c3ccc(C)cc3)cc2)cc1.[I][V][I]. The van der Waals surface area contributed by atoms with Crippen LogP contribution in [0, 0.1) is 6.92 Å².